The van der Waals surface area contributed by atoms with E-state index < -0.39 is 16.1 Å². The van der Waals surface area contributed by atoms with Gasteiger partial charge >= 0.3 is 0 Å². The van der Waals surface area contributed by atoms with E-state index >= 15 is 0 Å². The average molecular weight is 483 g/mol. The van der Waals surface area contributed by atoms with E-state index in [1.165, 1.54) is 34.1 Å². The lowest BCUT2D eigenvalue weighted by molar-refractivity contribution is 0.248. The van der Waals surface area contributed by atoms with E-state index in [1.54, 1.807) is 0 Å². The molecular formula is C30H32N2P2. The molecule has 0 spiro atoms. The van der Waals surface area contributed by atoms with Crippen molar-refractivity contribution in [3.8, 4) is 0 Å². The summed E-state index contributed by atoms with van der Waals surface area (Å²) in [5.74, 6) is 0. The summed E-state index contributed by atoms with van der Waals surface area (Å²) in [6, 6.07) is 44.9. The van der Waals surface area contributed by atoms with Gasteiger partial charge in [-0.25, -0.2) is 0 Å². The highest BCUT2D eigenvalue weighted by atomic mass is 31.1. The smallest absolute Gasteiger partial charge is 0.0281 e. The van der Waals surface area contributed by atoms with Gasteiger partial charge in [-0.15, -0.1) is 0 Å². The Labute approximate surface area is 206 Å². The Hall–Kier alpha value is -2.34. The minimum Gasteiger partial charge on any atom is -0.274 e. The van der Waals surface area contributed by atoms with E-state index in [9.17, 15) is 0 Å². The van der Waals surface area contributed by atoms with Gasteiger partial charge in [-0.2, -0.15) is 0 Å². The largest absolute Gasteiger partial charge is 0.274 e. The fourth-order valence-electron chi connectivity index (χ4n) is 4.85. The second kappa shape index (κ2) is 11.4. The van der Waals surface area contributed by atoms with Crippen molar-refractivity contribution in [2.75, 3.05) is 20.1 Å². The van der Waals surface area contributed by atoms with Crippen LogP contribution in [0.25, 0.3) is 0 Å². The van der Waals surface area contributed by atoms with E-state index in [1.807, 2.05) is 0 Å². The van der Waals surface area contributed by atoms with Crippen LogP contribution in [0.4, 0.5) is 0 Å². The van der Waals surface area contributed by atoms with Crippen molar-refractivity contribution < 1.29 is 0 Å². The monoisotopic (exact) mass is 482 g/mol. The summed E-state index contributed by atoms with van der Waals surface area (Å²) in [6.07, 6.45) is 2.48. The molecule has 2 nitrogen and oxygen atoms in total. The van der Waals surface area contributed by atoms with Gasteiger partial charge in [-0.1, -0.05) is 121 Å². The van der Waals surface area contributed by atoms with Crippen molar-refractivity contribution >= 4 is 37.4 Å². The van der Waals surface area contributed by atoms with Crippen LogP contribution in [0.1, 0.15) is 12.8 Å². The number of piperidine rings is 1. The molecule has 172 valence electrons. The number of hydrogen-bond acceptors (Lipinski definition) is 2. The predicted molar refractivity (Wildman–Crippen MR) is 151 cm³/mol. The van der Waals surface area contributed by atoms with Crippen LogP contribution in [0, 0.1) is 0 Å². The van der Waals surface area contributed by atoms with Crippen LogP contribution in [0.3, 0.4) is 0 Å². The second-order valence-electron chi connectivity index (χ2n) is 8.75. The number of nitrogens with zero attached hydrogens (tertiary/aromatic N) is 2. The summed E-state index contributed by atoms with van der Waals surface area (Å²) in [4.78, 5) is 0. The van der Waals surface area contributed by atoms with Crippen LogP contribution in [0.5, 0.6) is 0 Å². The molecule has 0 saturated carbocycles. The molecular weight excluding hydrogens is 450 g/mol. The van der Waals surface area contributed by atoms with Crippen molar-refractivity contribution in [1.29, 1.82) is 0 Å². The maximum absolute atomic E-state index is 2.77. The Balaban J connectivity index is 1.45. The van der Waals surface area contributed by atoms with Gasteiger partial charge in [-0.05, 0) is 41.1 Å². The predicted octanol–water partition coefficient (Wildman–Crippen LogP) is 5.48. The lowest BCUT2D eigenvalue weighted by atomic mass is 10.1. The van der Waals surface area contributed by atoms with Crippen LogP contribution in [-0.4, -0.2) is 35.5 Å². The van der Waals surface area contributed by atoms with Gasteiger partial charge < -0.3 is 0 Å². The van der Waals surface area contributed by atoms with E-state index in [0.29, 0.717) is 6.04 Å². The van der Waals surface area contributed by atoms with Gasteiger partial charge in [0.2, 0.25) is 0 Å². The molecule has 1 atom stereocenters. The normalized spacial score (nSPS) is 16.9. The van der Waals surface area contributed by atoms with Gasteiger partial charge in [-0.3, -0.25) is 9.34 Å². The second-order valence-corrected chi connectivity index (χ2v) is 13.3. The Kier molecular flexibility index (Phi) is 7.84. The molecule has 34 heavy (non-hydrogen) atoms. The van der Waals surface area contributed by atoms with E-state index in [4.69, 9.17) is 0 Å². The van der Waals surface area contributed by atoms with Gasteiger partial charge in [0, 0.05) is 35.3 Å². The molecule has 0 radical (unpaired) electrons. The van der Waals surface area contributed by atoms with Crippen molar-refractivity contribution in [2.45, 2.75) is 18.9 Å². The molecule has 5 rings (SSSR count). The van der Waals surface area contributed by atoms with E-state index in [2.05, 4.69) is 138 Å². The first-order chi connectivity index (χ1) is 16.8. The molecule has 1 aliphatic rings. The molecule has 0 N–H and O–H groups in total. The third kappa shape index (κ3) is 5.32. The van der Waals surface area contributed by atoms with Crippen molar-refractivity contribution in [3.63, 3.8) is 0 Å². The lowest BCUT2D eigenvalue weighted by Crippen LogP contribution is -2.46. The fraction of sp³-hybridized carbons (Fsp3) is 0.200. The fourth-order valence-corrected chi connectivity index (χ4v) is 9.86. The average Bonchev–Trinajstić information content (AvgIpc) is 2.92. The number of rotatable bonds is 7. The maximum atomic E-state index is 2.77. The maximum Gasteiger partial charge on any atom is 0.0281 e. The summed E-state index contributed by atoms with van der Waals surface area (Å²) in [5.41, 5.74) is 0. The van der Waals surface area contributed by atoms with Crippen LogP contribution in [-0.2, 0) is 0 Å². The van der Waals surface area contributed by atoms with Crippen molar-refractivity contribution in [1.82, 2.24) is 9.34 Å². The summed E-state index contributed by atoms with van der Waals surface area (Å²) < 4.78 is 5.46. The first kappa shape index (κ1) is 23.4. The zero-order chi connectivity index (χ0) is 23.2. The minimum atomic E-state index is -0.568. The zero-order valence-electron chi connectivity index (χ0n) is 19.7. The molecule has 1 heterocycles. The molecule has 0 bridgehead atoms. The molecule has 4 aromatic carbocycles. The van der Waals surface area contributed by atoms with E-state index in [0.717, 1.165) is 13.1 Å². The van der Waals surface area contributed by atoms with Gasteiger partial charge in [0.05, 0.1) is 0 Å². The first-order valence-corrected chi connectivity index (χ1v) is 14.7. The van der Waals surface area contributed by atoms with Gasteiger partial charge in [0.25, 0.3) is 0 Å². The highest BCUT2D eigenvalue weighted by Crippen LogP contribution is 2.45. The molecule has 1 fully saturated rings. The molecule has 4 aromatic rings. The van der Waals surface area contributed by atoms with Crippen LogP contribution in [0.15, 0.2) is 121 Å². The summed E-state index contributed by atoms with van der Waals surface area (Å²) in [7, 11) is 1.25. The Bertz CT molecular complexity index is 980. The van der Waals surface area contributed by atoms with Gasteiger partial charge in [0.15, 0.2) is 0 Å². The molecule has 0 amide bonds. The highest BCUT2D eigenvalue weighted by Gasteiger charge is 2.33. The number of hydrogen-bond donors (Lipinski definition) is 0. The summed E-state index contributed by atoms with van der Waals surface area (Å²) in [6.45, 7) is 2.26. The SMILES string of the molecule is CN([C@H]1CCCN(P(c2ccccc2)c2ccccc2)C1)P(c1ccccc1)c1ccccc1. The molecule has 0 aromatic heterocycles. The Morgan fingerprint density at radius 1 is 0.618 bits per heavy atom. The molecule has 4 heteroatoms. The summed E-state index contributed by atoms with van der Waals surface area (Å²) in [5, 5.41) is 5.74. The van der Waals surface area contributed by atoms with Crippen LogP contribution in [0.2, 0.25) is 0 Å². The quantitative estimate of drug-likeness (QED) is 0.322. The number of likely N-dealkylation sites (N-methyl/N-ethyl adjacent to an activating group) is 1. The summed E-state index contributed by atoms with van der Waals surface area (Å²) >= 11 is 0. The third-order valence-corrected chi connectivity index (χ3v) is 11.5. The van der Waals surface area contributed by atoms with E-state index in [-0.39, 0.29) is 0 Å². The lowest BCUT2D eigenvalue weighted by Gasteiger charge is -2.44. The number of benzene rings is 4. The Morgan fingerprint density at radius 2 is 1.03 bits per heavy atom. The standard InChI is InChI=1S/C30H32N2P2/c1-31(33(27-16-6-2-7-17-27)28-18-8-3-9-19-28)26-15-14-24-32(25-26)34(29-20-10-4-11-21-29)30-22-12-5-13-23-30/h2-13,16-23,26H,14-15,24-25H2,1H3/t26-/m0/s1. The molecule has 0 unspecified atom stereocenters. The minimum absolute atomic E-state index is 0.526. The molecule has 1 aliphatic heterocycles. The Morgan fingerprint density at radius 3 is 1.47 bits per heavy atom. The zero-order valence-corrected chi connectivity index (χ0v) is 21.5. The van der Waals surface area contributed by atoms with Crippen molar-refractivity contribution in [3.05, 3.63) is 121 Å². The third-order valence-electron chi connectivity index (χ3n) is 6.50. The topological polar surface area (TPSA) is 6.48 Å². The van der Waals surface area contributed by atoms with Crippen LogP contribution >= 0.6 is 16.1 Å². The highest BCUT2D eigenvalue weighted by molar-refractivity contribution is 7.71. The van der Waals surface area contributed by atoms with Crippen LogP contribution < -0.4 is 21.2 Å². The molecule has 0 aliphatic carbocycles. The first-order valence-electron chi connectivity index (χ1n) is 12.1. The molecule has 1 saturated heterocycles. The van der Waals surface area contributed by atoms with Gasteiger partial charge in [0.1, 0.15) is 0 Å². The van der Waals surface area contributed by atoms with Crippen molar-refractivity contribution in [2.24, 2.45) is 0 Å².